The van der Waals surface area contributed by atoms with Crippen LogP contribution in [0.3, 0.4) is 0 Å². The second kappa shape index (κ2) is 5.25. The molecule has 0 saturated heterocycles. The second-order valence-electron chi connectivity index (χ2n) is 7.00. The van der Waals surface area contributed by atoms with E-state index in [1.54, 1.807) is 7.11 Å². The monoisotopic (exact) mass is 350 g/mol. The number of hydrogen-bond donors (Lipinski definition) is 2. The molecule has 114 valence electrons. The normalized spacial score (nSPS) is 37.4. The fraction of sp³-hybridized carbons (Fsp3) is 0.647. The maximum absolute atomic E-state index is 5.90. The molecular formula is C17H23BrN2O. The molecule has 2 bridgehead atoms. The van der Waals surface area contributed by atoms with Crippen LogP contribution in [0.5, 0.6) is 5.75 Å². The molecule has 3 aliphatic carbocycles. The Labute approximate surface area is 134 Å². The number of ether oxygens (including phenoxy) is 1. The van der Waals surface area contributed by atoms with Crippen LogP contribution in [0.1, 0.15) is 24.8 Å². The van der Waals surface area contributed by atoms with Gasteiger partial charge < -0.3 is 4.74 Å². The highest BCUT2D eigenvalue weighted by molar-refractivity contribution is 9.10. The summed E-state index contributed by atoms with van der Waals surface area (Å²) in [4.78, 5) is 0. The van der Waals surface area contributed by atoms with Gasteiger partial charge in [-0.25, -0.2) is 0 Å². The minimum absolute atomic E-state index is 0.395. The van der Waals surface area contributed by atoms with Gasteiger partial charge in [0.2, 0.25) is 0 Å². The van der Waals surface area contributed by atoms with Crippen LogP contribution in [0.15, 0.2) is 22.7 Å². The first-order valence-corrected chi connectivity index (χ1v) is 8.80. The Balaban J connectivity index is 1.51. The minimum atomic E-state index is 0.395. The summed E-state index contributed by atoms with van der Waals surface area (Å²) in [5.41, 5.74) is 4.40. The number of hydrogen-bond acceptors (Lipinski definition) is 3. The van der Waals surface area contributed by atoms with Gasteiger partial charge in [-0.1, -0.05) is 15.9 Å². The fourth-order valence-electron chi connectivity index (χ4n) is 5.31. The molecule has 4 heteroatoms. The van der Waals surface area contributed by atoms with E-state index in [0.717, 1.165) is 46.2 Å². The summed E-state index contributed by atoms with van der Waals surface area (Å²) >= 11 is 3.66. The van der Waals surface area contributed by atoms with E-state index in [4.69, 9.17) is 10.6 Å². The summed E-state index contributed by atoms with van der Waals surface area (Å²) in [5.74, 6) is 11.5. The highest BCUT2D eigenvalue weighted by Crippen LogP contribution is 2.70. The van der Waals surface area contributed by atoms with Crippen LogP contribution in [0.25, 0.3) is 0 Å². The fourth-order valence-corrected chi connectivity index (χ4v) is 5.72. The summed E-state index contributed by atoms with van der Waals surface area (Å²) < 4.78 is 6.50. The summed E-state index contributed by atoms with van der Waals surface area (Å²) in [6, 6.07) is 6.58. The van der Waals surface area contributed by atoms with Crippen molar-refractivity contribution in [1.29, 1.82) is 0 Å². The second-order valence-corrected chi connectivity index (χ2v) is 7.85. The number of benzene rings is 1. The van der Waals surface area contributed by atoms with Crippen LogP contribution >= 0.6 is 15.9 Å². The molecule has 3 N–H and O–H groups in total. The van der Waals surface area contributed by atoms with E-state index >= 15 is 0 Å². The average molecular weight is 351 g/mol. The van der Waals surface area contributed by atoms with Crippen molar-refractivity contribution >= 4 is 15.9 Å². The largest absolute Gasteiger partial charge is 0.497 e. The Hall–Kier alpha value is -0.580. The van der Waals surface area contributed by atoms with Crippen molar-refractivity contribution in [2.24, 2.45) is 35.4 Å². The molecule has 3 nitrogen and oxygen atoms in total. The van der Waals surface area contributed by atoms with E-state index in [9.17, 15) is 0 Å². The van der Waals surface area contributed by atoms with Crippen molar-refractivity contribution in [2.45, 2.75) is 31.7 Å². The lowest BCUT2D eigenvalue weighted by Crippen LogP contribution is -2.40. The molecule has 4 rings (SSSR count). The quantitative estimate of drug-likeness (QED) is 0.633. The third-order valence-electron chi connectivity index (χ3n) is 6.17. The Morgan fingerprint density at radius 2 is 2.05 bits per heavy atom. The molecule has 1 aromatic rings. The maximum atomic E-state index is 5.90. The minimum Gasteiger partial charge on any atom is -0.497 e. The Morgan fingerprint density at radius 3 is 2.67 bits per heavy atom. The standard InChI is InChI=1S/C17H23BrN2O/c1-21-12-4-5-13(18)11(7-12)8-14(20-19)17-15-9-2-3-10(6-9)16(15)17/h4-5,7,9-10,14-17,20H,2-3,6,8,19H2,1H3. The lowest BCUT2D eigenvalue weighted by Gasteiger charge is -2.20. The molecule has 0 radical (unpaired) electrons. The van der Waals surface area contributed by atoms with E-state index in [1.165, 1.54) is 24.8 Å². The number of nitrogens with one attached hydrogen (secondary N) is 1. The maximum Gasteiger partial charge on any atom is 0.119 e. The van der Waals surface area contributed by atoms with E-state index in [0.29, 0.717) is 6.04 Å². The van der Waals surface area contributed by atoms with Gasteiger partial charge in [0, 0.05) is 10.5 Å². The van der Waals surface area contributed by atoms with Gasteiger partial charge in [-0.05, 0) is 79.0 Å². The van der Waals surface area contributed by atoms with E-state index in [2.05, 4.69) is 33.5 Å². The molecule has 0 heterocycles. The van der Waals surface area contributed by atoms with Crippen molar-refractivity contribution in [2.75, 3.05) is 7.11 Å². The summed E-state index contributed by atoms with van der Waals surface area (Å²) in [7, 11) is 1.72. The van der Waals surface area contributed by atoms with Crippen molar-refractivity contribution < 1.29 is 4.74 Å². The summed E-state index contributed by atoms with van der Waals surface area (Å²) in [6.45, 7) is 0. The summed E-state index contributed by atoms with van der Waals surface area (Å²) in [6.07, 6.45) is 5.39. The Kier molecular flexibility index (Phi) is 3.51. The predicted molar refractivity (Wildman–Crippen MR) is 86.8 cm³/mol. The molecule has 5 atom stereocenters. The topological polar surface area (TPSA) is 47.3 Å². The van der Waals surface area contributed by atoms with Crippen molar-refractivity contribution in [3.05, 3.63) is 28.2 Å². The number of halogens is 1. The number of nitrogens with two attached hydrogens (primary N) is 1. The first-order chi connectivity index (χ1) is 10.2. The van der Waals surface area contributed by atoms with Gasteiger partial charge in [-0.15, -0.1) is 0 Å². The van der Waals surface area contributed by atoms with Crippen LogP contribution in [0, 0.1) is 29.6 Å². The van der Waals surface area contributed by atoms with E-state index in [-0.39, 0.29) is 0 Å². The molecular weight excluding hydrogens is 328 g/mol. The van der Waals surface area contributed by atoms with Crippen LogP contribution in [0.2, 0.25) is 0 Å². The molecule has 1 aromatic carbocycles. The van der Waals surface area contributed by atoms with Gasteiger partial charge in [-0.3, -0.25) is 11.3 Å². The van der Waals surface area contributed by atoms with Gasteiger partial charge in [0.1, 0.15) is 5.75 Å². The molecule has 5 unspecified atom stereocenters. The van der Waals surface area contributed by atoms with Crippen LogP contribution in [-0.2, 0) is 6.42 Å². The van der Waals surface area contributed by atoms with Crippen molar-refractivity contribution in [3.8, 4) is 5.75 Å². The zero-order valence-corrected chi connectivity index (χ0v) is 14.0. The summed E-state index contributed by atoms with van der Waals surface area (Å²) in [5, 5.41) is 0. The first kappa shape index (κ1) is 14.0. The molecule has 0 spiro atoms. The van der Waals surface area contributed by atoms with Crippen molar-refractivity contribution in [3.63, 3.8) is 0 Å². The average Bonchev–Trinajstić information content (AvgIpc) is 2.92. The third kappa shape index (κ3) is 2.23. The number of fused-ring (bicyclic) bond motifs is 5. The highest BCUT2D eigenvalue weighted by atomic mass is 79.9. The van der Waals surface area contributed by atoms with Crippen LogP contribution in [-0.4, -0.2) is 13.2 Å². The van der Waals surface area contributed by atoms with Gasteiger partial charge in [0.25, 0.3) is 0 Å². The number of methoxy groups -OCH3 is 1. The van der Waals surface area contributed by atoms with Gasteiger partial charge in [-0.2, -0.15) is 0 Å². The van der Waals surface area contributed by atoms with E-state index < -0.39 is 0 Å². The lowest BCUT2D eigenvalue weighted by molar-refractivity contribution is 0.364. The highest BCUT2D eigenvalue weighted by Gasteiger charge is 2.66. The predicted octanol–water partition coefficient (Wildman–Crippen LogP) is 3.12. The van der Waals surface area contributed by atoms with Crippen LogP contribution < -0.4 is 16.0 Å². The van der Waals surface area contributed by atoms with Crippen LogP contribution in [0.4, 0.5) is 0 Å². The lowest BCUT2D eigenvalue weighted by atomic mass is 9.93. The molecule has 0 amide bonds. The van der Waals surface area contributed by atoms with Gasteiger partial charge >= 0.3 is 0 Å². The molecule has 21 heavy (non-hydrogen) atoms. The number of hydrazine groups is 1. The SMILES string of the molecule is COc1ccc(Br)c(CC(NN)C2C3C4CCC(C4)C32)c1. The number of rotatable bonds is 5. The first-order valence-electron chi connectivity index (χ1n) is 8.01. The molecule has 0 aliphatic heterocycles. The van der Waals surface area contributed by atoms with Crippen molar-refractivity contribution in [1.82, 2.24) is 5.43 Å². The molecule has 3 aliphatic rings. The smallest absolute Gasteiger partial charge is 0.119 e. The Morgan fingerprint density at radius 1 is 1.33 bits per heavy atom. The molecule has 0 aromatic heterocycles. The molecule has 3 saturated carbocycles. The zero-order chi connectivity index (χ0) is 14.6. The third-order valence-corrected chi connectivity index (χ3v) is 6.94. The van der Waals surface area contributed by atoms with E-state index in [1.807, 2.05) is 6.07 Å². The Bertz CT molecular complexity index is 534. The molecule has 3 fully saturated rings. The zero-order valence-electron chi connectivity index (χ0n) is 12.4. The van der Waals surface area contributed by atoms with Gasteiger partial charge in [0.15, 0.2) is 0 Å². The van der Waals surface area contributed by atoms with Gasteiger partial charge in [0.05, 0.1) is 7.11 Å².